The van der Waals surface area contributed by atoms with Gasteiger partial charge in [-0.05, 0) is 44.4 Å². The van der Waals surface area contributed by atoms with Gasteiger partial charge >= 0.3 is 6.09 Å². The molecule has 0 spiro atoms. The number of fused-ring (bicyclic) bond motifs is 1. The average molecular weight is 320 g/mol. The van der Waals surface area contributed by atoms with Crippen LogP contribution in [0.5, 0.6) is 5.88 Å². The van der Waals surface area contributed by atoms with Gasteiger partial charge < -0.3 is 14.4 Å². The molecule has 0 bridgehead atoms. The fraction of sp³-hybridized carbons (Fsp3) is 0.500. The lowest BCUT2D eigenvalue weighted by Gasteiger charge is -2.24. The second kappa shape index (κ2) is 5.76. The lowest BCUT2D eigenvalue weighted by atomic mass is 10.2. The van der Waals surface area contributed by atoms with Gasteiger partial charge in [0.05, 0.1) is 16.6 Å². The third-order valence-corrected chi connectivity index (χ3v) is 4.23. The van der Waals surface area contributed by atoms with Gasteiger partial charge in [0.2, 0.25) is 5.88 Å². The van der Waals surface area contributed by atoms with Crippen LogP contribution < -0.4 is 4.74 Å². The molecule has 2 aromatic rings. The Morgan fingerprint density at radius 3 is 2.91 bits per heavy atom. The molecule has 1 aliphatic rings. The topological polar surface area (TPSA) is 51.7 Å². The number of aromatic nitrogens is 1. The number of hydrogen-bond donors (Lipinski definition) is 0. The van der Waals surface area contributed by atoms with Crippen LogP contribution in [0, 0.1) is 0 Å². The number of ether oxygens (including phenoxy) is 2. The van der Waals surface area contributed by atoms with Crippen LogP contribution in [0.1, 0.15) is 27.2 Å². The molecule has 0 aliphatic carbocycles. The van der Waals surface area contributed by atoms with Crippen LogP contribution in [-0.2, 0) is 4.74 Å². The highest BCUT2D eigenvalue weighted by Crippen LogP contribution is 2.30. The molecule has 3 rings (SSSR count). The lowest BCUT2D eigenvalue weighted by Crippen LogP contribution is -2.36. The van der Waals surface area contributed by atoms with Gasteiger partial charge in [0.1, 0.15) is 11.7 Å². The van der Waals surface area contributed by atoms with E-state index in [9.17, 15) is 4.79 Å². The molecule has 118 valence electrons. The summed E-state index contributed by atoms with van der Waals surface area (Å²) in [6.07, 6.45) is 0.491. The Labute approximate surface area is 134 Å². The third kappa shape index (κ3) is 3.32. The van der Waals surface area contributed by atoms with E-state index in [1.807, 2.05) is 45.0 Å². The Bertz CT molecular complexity index is 677. The largest absolute Gasteiger partial charge is 0.471 e. The molecular weight excluding hydrogens is 300 g/mol. The molecule has 6 heteroatoms. The van der Waals surface area contributed by atoms with Crippen LogP contribution in [-0.4, -0.2) is 40.2 Å². The van der Waals surface area contributed by atoms with Gasteiger partial charge in [-0.25, -0.2) is 4.79 Å². The van der Waals surface area contributed by atoms with E-state index in [1.54, 1.807) is 4.90 Å². The molecule has 22 heavy (non-hydrogen) atoms. The van der Waals surface area contributed by atoms with Crippen LogP contribution >= 0.6 is 11.5 Å². The molecule has 1 amide bonds. The van der Waals surface area contributed by atoms with Crippen molar-refractivity contribution in [2.24, 2.45) is 0 Å². The minimum Gasteiger partial charge on any atom is -0.471 e. The highest BCUT2D eigenvalue weighted by atomic mass is 32.1. The second-order valence-electron chi connectivity index (χ2n) is 6.44. The van der Waals surface area contributed by atoms with Crippen molar-refractivity contribution >= 4 is 27.7 Å². The zero-order valence-electron chi connectivity index (χ0n) is 13.0. The maximum Gasteiger partial charge on any atom is 0.410 e. The highest BCUT2D eigenvalue weighted by Gasteiger charge is 2.31. The molecule has 1 aliphatic heterocycles. The molecule has 0 N–H and O–H groups in total. The molecule has 0 saturated carbocycles. The van der Waals surface area contributed by atoms with Gasteiger partial charge in [0.25, 0.3) is 0 Å². The zero-order chi connectivity index (χ0) is 15.7. The number of hydrogen-bond acceptors (Lipinski definition) is 5. The van der Waals surface area contributed by atoms with E-state index in [-0.39, 0.29) is 12.2 Å². The van der Waals surface area contributed by atoms with Gasteiger partial charge in [0, 0.05) is 13.0 Å². The normalized spacial score (nSPS) is 18.7. The van der Waals surface area contributed by atoms with Crippen molar-refractivity contribution < 1.29 is 14.3 Å². The number of rotatable bonds is 2. The van der Waals surface area contributed by atoms with Gasteiger partial charge in [0.15, 0.2) is 0 Å². The van der Waals surface area contributed by atoms with Crippen LogP contribution in [0.2, 0.25) is 0 Å². The van der Waals surface area contributed by atoms with E-state index in [2.05, 4.69) is 4.37 Å². The van der Waals surface area contributed by atoms with E-state index in [0.29, 0.717) is 19.0 Å². The lowest BCUT2D eigenvalue weighted by molar-refractivity contribution is 0.0275. The molecule has 1 fully saturated rings. The van der Waals surface area contributed by atoms with E-state index >= 15 is 0 Å². The summed E-state index contributed by atoms with van der Waals surface area (Å²) in [6, 6.07) is 8.01. The Hall–Kier alpha value is -1.82. The van der Waals surface area contributed by atoms with E-state index in [4.69, 9.17) is 9.47 Å². The summed E-state index contributed by atoms with van der Waals surface area (Å²) in [5.74, 6) is 0.664. The van der Waals surface area contributed by atoms with Crippen molar-refractivity contribution in [2.45, 2.75) is 38.9 Å². The molecule has 5 nitrogen and oxygen atoms in total. The first-order valence-electron chi connectivity index (χ1n) is 7.41. The second-order valence-corrected chi connectivity index (χ2v) is 7.24. The molecule has 0 unspecified atom stereocenters. The van der Waals surface area contributed by atoms with Crippen LogP contribution in [0.15, 0.2) is 24.3 Å². The minimum atomic E-state index is -0.471. The average Bonchev–Trinajstić information content (AvgIpc) is 3.05. The standard InChI is InChI=1S/C16H20N2O3S/c1-16(2,3)21-15(19)18-9-8-11(10-18)20-14-12-6-4-5-7-13(12)22-17-14/h4-7,11H,8-10H2,1-3H3/t11-/m1/s1. The Morgan fingerprint density at radius 2 is 2.14 bits per heavy atom. The van der Waals surface area contributed by atoms with Crippen molar-refractivity contribution in [1.29, 1.82) is 0 Å². The first kappa shape index (κ1) is 15.1. The maximum atomic E-state index is 12.1. The van der Waals surface area contributed by atoms with Crippen molar-refractivity contribution in [2.75, 3.05) is 13.1 Å². The van der Waals surface area contributed by atoms with Gasteiger partial charge in [-0.15, -0.1) is 0 Å². The van der Waals surface area contributed by atoms with Crippen molar-refractivity contribution in [3.63, 3.8) is 0 Å². The summed E-state index contributed by atoms with van der Waals surface area (Å²) in [6.45, 7) is 6.81. The zero-order valence-corrected chi connectivity index (χ0v) is 13.9. The predicted molar refractivity (Wildman–Crippen MR) is 86.5 cm³/mol. The van der Waals surface area contributed by atoms with Gasteiger partial charge in [-0.1, -0.05) is 12.1 Å². The van der Waals surface area contributed by atoms with E-state index in [1.165, 1.54) is 11.5 Å². The summed E-state index contributed by atoms with van der Waals surface area (Å²) in [5, 5.41) is 1.03. The van der Waals surface area contributed by atoms with Crippen LogP contribution in [0.4, 0.5) is 4.79 Å². The molecule has 1 saturated heterocycles. The number of carbonyl (C=O) groups excluding carboxylic acids is 1. The van der Waals surface area contributed by atoms with Crippen molar-refractivity contribution in [1.82, 2.24) is 9.27 Å². The van der Waals surface area contributed by atoms with Gasteiger partial charge in [-0.3, -0.25) is 0 Å². The highest BCUT2D eigenvalue weighted by molar-refractivity contribution is 7.13. The number of benzene rings is 1. The maximum absolute atomic E-state index is 12.1. The first-order chi connectivity index (χ1) is 10.4. The molecule has 1 aromatic carbocycles. The molecule has 1 atom stereocenters. The molecule has 2 heterocycles. The molecule has 0 radical (unpaired) electrons. The fourth-order valence-electron chi connectivity index (χ4n) is 2.42. The minimum absolute atomic E-state index is 0.0296. The third-order valence-electron chi connectivity index (χ3n) is 3.42. The summed E-state index contributed by atoms with van der Waals surface area (Å²) < 4.78 is 16.9. The molecule has 1 aromatic heterocycles. The summed E-state index contributed by atoms with van der Waals surface area (Å²) in [7, 11) is 0. The number of likely N-dealkylation sites (tertiary alicyclic amines) is 1. The summed E-state index contributed by atoms with van der Waals surface area (Å²) in [5.41, 5.74) is -0.471. The van der Waals surface area contributed by atoms with Gasteiger partial charge in [-0.2, -0.15) is 4.37 Å². The monoisotopic (exact) mass is 320 g/mol. The van der Waals surface area contributed by atoms with Crippen LogP contribution in [0.25, 0.3) is 10.1 Å². The smallest absolute Gasteiger partial charge is 0.410 e. The Morgan fingerprint density at radius 1 is 1.36 bits per heavy atom. The Balaban J connectivity index is 1.63. The van der Waals surface area contributed by atoms with Crippen molar-refractivity contribution in [3.05, 3.63) is 24.3 Å². The van der Waals surface area contributed by atoms with Crippen LogP contribution in [0.3, 0.4) is 0 Å². The number of carbonyl (C=O) groups is 1. The fourth-order valence-corrected chi connectivity index (χ4v) is 3.14. The van der Waals surface area contributed by atoms with E-state index < -0.39 is 5.60 Å². The first-order valence-corrected chi connectivity index (χ1v) is 8.19. The number of nitrogens with zero attached hydrogens (tertiary/aromatic N) is 2. The SMILES string of the molecule is CC(C)(C)OC(=O)N1CC[C@@H](Oc2nsc3ccccc23)C1. The Kier molecular flexibility index (Phi) is 3.95. The van der Waals surface area contributed by atoms with E-state index in [0.717, 1.165) is 16.5 Å². The van der Waals surface area contributed by atoms with Crippen molar-refractivity contribution in [3.8, 4) is 5.88 Å². The summed E-state index contributed by atoms with van der Waals surface area (Å²) >= 11 is 1.43. The summed E-state index contributed by atoms with van der Waals surface area (Å²) in [4.78, 5) is 13.8. The quantitative estimate of drug-likeness (QED) is 0.847. The molecular formula is C16H20N2O3S. The predicted octanol–water partition coefficient (Wildman–Crippen LogP) is 3.68. The number of amides is 1.